The Hall–Kier alpha value is -1.85. The first kappa shape index (κ1) is 30.1. The third kappa shape index (κ3) is 8.25. The summed E-state index contributed by atoms with van der Waals surface area (Å²) in [7, 11) is 1.74. The Kier molecular flexibility index (Phi) is 12.9. The highest BCUT2D eigenvalue weighted by Crippen LogP contribution is 2.34. The van der Waals surface area contributed by atoms with Crippen LogP contribution in [0.15, 0.2) is 11.6 Å². The van der Waals surface area contributed by atoms with Crippen LogP contribution in [0, 0.1) is 23.2 Å². The van der Waals surface area contributed by atoms with Crippen molar-refractivity contribution in [1.82, 2.24) is 10.2 Å². The van der Waals surface area contributed by atoms with Crippen LogP contribution in [0.3, 0.4) is 0 Å². The number of carbonyl (C=O) groups is 3. The van der Waals surface area contributed by atoms with E-state index in [0.717, 1.165) is 19.3 Å². The zero-order valence-electron chi connectivity index (χ0n) is 22.4. The van der Waals surface area contributed by atoms with Crippen molar-refractivity contribution < 1.29 is 19.1 Å². The van der Waals surface area contributed by atoms with Gasteiger partial charge in [-0.2, -0.15) is 0 Å². The molecule has 0 radical (unpaired) electrons. The minimum absolute atomic E-state index is 0.0454. The zero-order chi connectivity index (χ0) is 25.2. The third-order valence-electron chi connectivity index (χ3n) is 6.35. The van der Waals surface area contributed by atoms with Crippen molar-refractivity contribution in [3.05, 3.63) is 11.6 Å². The van der Waals surface area contributed by atoms with Crippen molar-refractivity contribution in [2.75, 3.05) is 13.7 Å². The molecule has 186 valence electrons. The van der Waals surface area contributed by atoms with Crippen LogP contribution in [0.4, 0.5) is 0 Å². The molecule has 0 saturated carbocycles. The van der Waals surface area contributed by atoms with Gasteiger partial charge in [-0.1, -0.05) is 61.5 Å². The smallest absolute Gasteiger partial charge is 0.333 e. The molecule has 0 aromatic heterocycles. The Morgan fingerprint density at radius 2 is 1.50 bits per heavy atom. The van der Waals surface area contributed by atoms with E-state index in [2.05, 4.69) is 19.2 Å². The van der Waals surface area contributed by atoms with Gasteiger partial charge in [0.05, 0.1) is 12.6 Å². The van der Waals surface area contributed by atoms with Gasteiger partial charge in [0.25, 0.3) is 0 Å². The molecule has 0 aliphatic carbocycles. The molecule has 0 aromatic rings. The summed E-state index contributed by atoms with van der Waals surface area (Å²) in [4.78, 5) is 40.7. The van der Waals surface area contributed by atoms with Gasteiger partial charge < -0.3 is 15.0 Å². The molecular formula is C26H48N2O4. The molecule has 2 atom stereocenters. The van der Waals surface area contributed by atoms with Crippen molar-refractivity contribution in [2.24, 2.45) is 23.2 Å². The molecule has 32 heavy (non-hydrogen) atoms. The maximum atomic E-state index is 13.5. The summed E-state index contributed by atoms with van der Waals surface area (Å²) < 4.78 is 5.09. The van der Waals surface area contributed by atoms with E-state index >= 15 is 0 Å². The number of amides is 2. The van der Waals surface area contributed by atoms with Crippen LogP contribution in [-0.4, -0.2) is 48.4 Å². The topological polar surface area (TPSA) is 75.7 Å². The van der Waals surface area contributed by atoms with Crippen LogP contribution in [0.5, 0.6) is 0 Å². The van der Waals surface area contributed by atoms with Gasteiger partial charge in [-0.25, -0.2) is 4.79 Å². The Labute approximate surface area is 196 Å². The average Bonchev–Trinajstić information content (AvgIpc) is 2.72. The minimum atomic E-state index is -0.630. The normalized spacial score (nSPS) is 14.5. The number of rotatable bonds is 13. The maximum Gasteiger partial charge on any atom is 0.333 e. The lowest BCUT2D eigenvalue weighted by Crippen LogP contribution is -2.56. The summed E-state index contributed by atoms with van der Waals surface area (Å²) in [5.41, 5.74) is 0.00103. The van der Waals surface area contributed by atoms with E-state index in [9.17, 15) is 14.4 Å². The van der Waals surface area contributed by atoms with Crippen LogP contribution in [0.1, 0.15) is 88.5 Å². The molecule has 0 spiro atoms. The van der Waals surface area contributed by atoms with E-state index < -0.39 is 11.5 Å². The van der Waals surface area contributed by atoms with Crippen molar-refractivity contribution in [2.45, 2.75) is 101 Å². The highest BCUT2D eigenvalue weighted by Gasteiger charge is 2.39. The summed E-state index contributed by atoms with van der Waals surface area (Å²) in [5.74, 6) is -0.165. The van der Waals surface area contributed by atoms with Crippen molar-refractivity contribution >= 4 is 17.8 Å². The largest absolute Gasteiger partial charge is 0.463 e. The van der Waals surface area contributed by atoms with Crippen LogP contribution >= 0.6 is 0 Å². The lowest BCUT2D eigenvalue weighted by molar-refractivity contribution is -0.142. The van der Waals surface area contributed by atoms with Gasteiger partial charge in [-0.15, -0.1) is 0 Å². The number of hydrogen-bond acceptors (Lipinski definition) is 4. The summed E-state index contributed by atoms with van der Waals surface area (Å²) in [6.07, 6.45) is 4.05. The quantitative estimate of drug-likeness (QED) is 0.316. The highest BCUT2D eigenvalue weighted by atomic mass is 16.5. The predicted molar refractivity (Wildman–Crippen MR) is 131 cm³/mol. The SMILES string of the molecule is CCOC(=O)/C(C)=C/[C@H](C(C)C)N(C)C(=O)[C@@H](NC(=O)C(CC)(CC)CC(C)C)C(C)C. The van der Waals surface area contributed by atoms with Gasteiger partial charge in [0.2, 0.25) is 11.8 Å². The van der Waals surface area contributed by atoms with E-state index in [4.69, 9.17) is 4.74 Å². The van der Waals surface area contributed by atoms with Gasteiger partial charge >= 0.3 is 5.97 Å². The van der Waals surface area contributed by atoms with Gasteiger partial charge in [-0.05, 0) is 50.9 Å². The van der Waals surface area contributed by atoms with Gasteiger partial charge in [-0.3, -0.25) is 9.59 Å². The number of likely N-dealkylation sites (N-methyl/N-ethyl adjacent to an activating group) is 1. The number of esters is 1. The number of carbonyl (C=O) groups excluding carboxylic acids is 3. The second kappa shape index (κ2) is 13.6. The lowest BCUT2D eigenvalue weighted by atomic mass is 9.74. The summed E-state index contributed by atoms with van der Waals surface area (Å²) in [6, 6.07) is -0.919. The second-order valence-corrected chi connectivity index (χ2v) is 10.0. The van der Waals surface area contributed by atoms with Crippen LogP contribution < -0.4 is 5.32 Å². The fraction of sp³-hybridized carbons (Fsp3) is 0.808. The lowest BCUT2D eigenvalue weighted by Gasteiger charge is -2.37. The van der Waals surface area contributed by atoms with E-state index in [1.165, 1.54) is 0 Å². The van der Waals surface area contributed by atoms with Crippen LogP contribution in [0.2, 0.25) is 0 Å². The molecule has 0 bridgehead atoms. The molecule has 0 heterocycles. The Morgan fingerprint density at radius 1 is 0.969 bits per heavy atom. The number of nitrogens with zero attached hydrogens (tertiary/aromatic N) is 1. The summed E-state index contributed by atoms with van der Waals surface area (Å²) in [5, 5.41) is 3.09. The average molecular weight is 453 g/mol. The predicted octanol–water partition coefficient (Wildman–Crippen LogP) is 4.97. The monoisotopic (exact) mass is 452 g/mol. The Balaban J connectivity index is 5.86. The van der Waals surface area contributed by atoms with E-state index in [1.807, 2.05) is 41.5 Å². The summed E-state index contributed by atoms with van der Waals surface area (Å²) >= 11 is 0. The molecule has 0 saturated heterocycles. The van der Waals surface area contributed by atoms with E-state index in [0.29, 0.717) is 18.1 Å². The summed E-state index contributed by atoms with van der Waals surface area (Å²) in [6.45, 7) is 20.0. The van der Waals surface area contributed by atoms with Gasteiger partial charge in [0.1, 0.15) is 6.04 Å². The fourth-order valence-electron chi connectivity index (χ4n) is 4.23. The van der Waals surface area contributed by atoms with Crippen molar-refractivity contribution in [3.63, 3.8) is 0 Å². The zero-order valence-corrected chi connectivity index (χ0v) is 22.4. The van der Waals surface area contributed by atoms with Crippen molar-refractivity contribution in [1.29, 1.82) is 0 Å². The molecular weight excluding hydrogens is 404 g/mol. The van der Waals surface area contributed by atoms with E-state index in [1.54, 1.807) is 31.9 Å². The molecule has 6 nitrogen and oxygen atoms in total. The van der Waals surface area contributed by atoms with Crippen LogP contribution in [0.25, 0.3) is 0 Å². The molecule has 1 N–H and O–H groups in total. The molecule has 0 aliphatic heterocycles. The molecule has 2 amide bonds. The Bertz CT molecular complexity index is 648. The number of nitrogens with one attached hydrogen (secondary N) is 1. The van der Waals surface area contributed by atoms with Gasteiger partial charge in [0.15, 0.2) is 0 Å². The third-order valence-corrected chi connectivity index (χ3v) is 6.35. The van der Waals surface area contributed by atoms with Crippen molar-refractivity contribution in [3.8, 4) is 0 Å². The first-order valence-electron chi connectivity index (χ1n) is 12.2. The molecule has 6 heteroatoms. The number of hydrogen-bond donors (Lipinski definition) is 1. The number of ether oxygens (including phenoxy) is 1. The molecule has 0 aliphatic rings. The van der Waals surface area contributed by atoms with Gasteiger partial charge in [0, 0.05) is 18.0 Å². The maximum absolute atomic E-state index is 13.5. The van der Waals surface area contributed by atoms with Crippen LogP contribution in [-0.2, 0) is 19.1 Å². The first-order chi connectivity index (χ1) is 14.8. The first-order valence-corrected chi connectivity index (χ1v) is 12.2. The standard InChI is InChI=1S/C26H48N2O4/c1-12-26(13-2,16-17(4)5)25(31)27-22(19(8)9)23(29)28(11)21(18(6)7)15-20(10)24(30)32-14-3/h15,17-19,21-22H,12-14,16H2,1-11H3,(H,27,31)/b20-15+/t21-,22+/m1/s1. The highest BCUT2D eigenvalue weighted by molar-refractivity contribution is 5.91. The minimum Gasteiger partial charge on any atom is -0.463 e. The molecule has 0 unspecified atom stereocenters. The molecule has 0 rings (SSSR count). The molecule has 0 fully saturated rings. The Morgan fingerprint density at radius 3 is 1.88 bits per heavy atom. The fourth-order valence-corrected chi connectivity index (χ4v) is 4.23. The second-order valence-electron chi connectivity index (χ2n) is 10.0. The van der Waals surface area contributed by atoms with E-state index in [-0.39, 0.29) is 35.7 Å². The molecule has 0 aromatic carbocycles.